The summed E-state index contributed by atoms with van der Waals surface area (Å²) >= 11 is 3.62. The van der Waals surface area contributed by atoms with Gasteiger partial charge in [0.1, 0.15) is 12.4 Å². The lowest BCUT2D eigenvalue weighted by molar-refractivity contribution is -0.129. The van der Waals surface area contributed by atoms with Crippen LogP contribution in [0.1, 0.15) is 23.6 Å². The maximum Gasteiger partial charge on any atom is 0.322 e. The first-order valence-corrected chi connectivity index (χ1v) is 8.70. The number of carbonyl (C=O) groups is 1. The third kappa shape index (κ3) is 3.43. The summed E-state index contributed by atoms with van der Waals surface area (Å²) in [6.45, 7) is 3.34. The Bertz CT molecular complexity index is 752. The Kier molecular flexibility index (Phi) is 5.14. The molecular formula is C18H19BBrNO3. The van der Waals surface area contributed by atoms with Gasteiger partial charge in [-0.1, -0.05) is 46.3 Å². The van der Waals surface area contributed by atoms with Gasteiger partial charge in [0.05, 0.1) is 0 Å². The van der Waals surface area contributed by atoms with Gasteiger partial charge in [0.25, 0.3) is 0 Å². The average Bonchev–Trinajstić information content (AvgIpc) is 2.61. The molecule has 0 aromatic heterocycles. The first-order valence-electron chi connectivity index (χ1n) is 7.90. The number of hydrogen-bond donors (Lipinski definition) is 0. The summed E-state index contributed by atoms with van der Waals surface area (Å²) in [5.74, 6) is 1.49. The highest BCUT2D eigenvalue weighted by molar-refractivity contribution is 9.10. The summed E-state index contributed by atoms with van der Waals surface area (Å²) in [5, 5.41) is 0. The molecule has 1 heterocycles. The highest BCUT2D eigenvalue weighted by atomic mass is 79.9. The van der Waals surface area contributed by atoms with E-state index in [1.54, 1.807) is 15.0 Å². The van der Waals surface area contributed by atoms with Crippen LogP contribution in [0.5, 0.6) is 11.5 Å². The van der Waals surface area contributed by atoms with E-state index in [1.807, 2.05) is 41.3 Å². The molecule has 3 rings (SSSR count). The van der Waals surface area contributed by atoms with Gasteiger partial charge >= 0.3 is 8.05 Å². The standard InChI is InChI=1S/C18H19BBrNO3/c1-12(22)21-8-7-14-15(10-21)18(17(24-19)9-16(14)20)23-11-13-5-3-2-4-6-13/h2-6,9H,7-8,10-11,19H2,1H3. The molecule has 0 saturated heterocycles. The Morgan fingerprint density at radius 3 is 2.71 bits per heavy atom. The van der Waals surface area contributed by atoms with E-state index in [-0.39, 0.29) is 5.91 Å². The van der Waals surface area contributed by atoms with Gasteiger partial charge < -0.3 is 14.3 Å². The van der Waals surface area contributed by atoms with Crippen LogP contribution in [0.4, 0.5) is 0 Å². The molecule has 0 atom stereocenters. The van der Waals surface area contributed by atoms with Crippen molar-refractivity contribution in [1.82, 2.24) is 4.90 Å². The van der Waals surface area contributed by atoms with Crippen molar-refractivity contribution in [3.8, 4) is 11.5 Å². The summed E-state index contributed by atoms with van der Waals surface area (Å²) in [4.78, 5) is 13.6. The van der Waals surface area contributed by atoms with Crippen LogP contribution in [-0.4, -0.2) is 25.4 Å². The Morgan fingerprint density at radius 1 is 1.29 bits per heavy atom. The second-order valence-corrected chi connectivity index (χ2v) is 6.67. The number of amides is 1. The zero-order valence-corrected chi connectivity index (χ0v) is 15.4. The highest BCUT2D eigenvalue weighted by Crippen LogP contribution is 2.41. The summed E-state index contributed by atoms with van der Waals surface area (Å²) in [5.41, 5.74) is 3.31. The minimum absolute atomic E-state index is 0.0774. The van der Waals surface area contributed by atoms with Crippen LogP contribution in [0.2, 0.25) is 0 Å². The molecule has 1 aliphatic heterocycles. The van der Waals surface area contributed by atoms with E-state index >= 15 is 0 Å². The molecule has 0 N–H and O–H groups in total. The molecule has 0 aliphatic carbocycles. The van der Waals surface area contributed by atoms with Crippen molar-refractivity contribution in [2.75, 3.05) is 6.54 Å². The maximum atomic E-state index is 11.8. The van der Waals surface area contributed by atoms with Crippen molar-refractivity contribution in [3.63, 3.8) is 0 Å². The fourth-order valence-electron chi connectivity index (χ4n) is 2.96. The number of halogens is 1. The number of fused-ring (bicyclic) bond motifs is 1. The first-order chi connectivity index (χ1) is 11.6. The summed E-state index contributed by atoms with van der Waals surface area (Å²) in [6.07, 6.45) is 0.807. The molecule has 2 aromatic carbocycles. The number of nitrogens with zero attached hydrogens (tertiary/aromatic N) is 1. The van der Waals surface area contributed by atoms with Crippen LogP contribution in [0.3, 0.4) is 0 Å². The molecule has 0 bridgehead atoms. The maximum absolute atomic E-state index is 11.8. The lowest BCUT2D eigenvalue weighted by Gasteiger charge is -2.31. The molecule has 124 valence electrons. The van der Waals surface area contributed by atoms with E-state index < -0.39 is 0 Å². The number of ether oxygens (including phenoxy) is 1. The van der Waals surface area contributed by atoms with E-state index in [2.05, 4.69) is 15.9 Å². The normalized spacial score (nSPS) is 13.3. The smallest absolute Gasteiger partial charge is 0.322 e. The van der Waals surface area contributed by atoms with Crippen LogP contribution < -0.4 is 9.39 Å². The number of hydrogen-bond acceptors (Lipinski definition) is 3. The third-order valence-corrected chi connectivity index (χ3v) is 4.99. The lowest BCUT2D eigenvalue weighted by atomic mass is 9.98. The van der Waals surface area contributed by atoms with Gasteiger partial charge in [-0.25, -0.2) is 0 Å². The van der Waals surface area contributed by atoms with Gasteiger partial charge in [-0.15, -0.1) is 0 Å². The zero-order valence-electron chi connectivity index (χ0n) is 13.8. The molecule has 0 unspecified atom stereocenters. The Morgan fingerprint density at radius 2 is 2.04 bits per heavy atom. The van der Waals surface area contributed by atoms with Crippen molar-refractivity contribution < 1.29 is 14.2 Å². The monoisotopic (exact) mass is 387 g/mol. The van der Waals surface area contributed by atoms with Crippen molar-refractivity contribution in [1.29, 1.82) is 0 Å². The van der Waals surface area contributed by atoms with Gasteiger partial charge in [0.2, 0.25) is 5.91 Å². The Hall–Kier alpha value is -1.95. The first kappa shape index (κ1) is 16.9. The molecule has 2 aromatic rings. The van der Waals surface area contributed by atoms with E-state index in [9.17, 15) is 4.79 Å². The molecule has 6 heteroatoms. The van der Waals surface area contributed by atoms with Crippen molar-refractivity contribution in [2.24, 2.45) is 0 Å². The van der Waals surface area contributed by atoms with E-state index in [0.717, 1.165) is 34.3 Å². The van der Waals surface area contributed by atoms with Crippen molar-refractivity contribution in [3.05, 3.63) is 57.6 Å². The van der Waals surface area contributed by atoms with Gasteiger partial charge in [-0.05, 0) is 23.6 Å². The Labute approximate surface area is 151 Å². The fourth-order valence-corrected chi connectivity index (χ4v) is 3.61. The van der Waals surface area contributed by atoms with Crippen LogP contribution in [-0.2, 0) is 24.4 Å². The summed E-state index contributed by atoms with van der Waals surface area (Å²) < 4.78 is 12.6. The van der Waals surface area contributed by atoms with E-state index in [0.29, 0.717) is 18.9 Å². The minimum Gasteiger partial charge on any atom is -0.565 e. The fraction of sp³-hybridized carbons (Fsp3) is 0.278. The number of benzene rings is 2. The molecule has 0 radical (unpaired) electrons. The second-order valence-electron chi connectivity index (χ2n) is 5.81. The van der Waals surface area contributed by atoms with E-state index in [4.69, 9.17) is 9.39 Å². The molecule has 1 aliphatic rings. The zero-order chi connectivity index (χ0) is 17.1. The third-order valence-electron chi connectivity index (χ3n) is 4.28. The van der Waals surface area contributed by atoms with Gasteiger partial charge in [-0.2, -0.15) is 0 Å². The van der Waals surface area contributed by atoms with Gasteiger partial charge in [0.15, 0.2) is 5.75 Å². The summed E-state index contributed by atoms with van der Waals surface area (Å²) in [7, 11) is 1.63. The van der Waals surface area contributed by atoms with Crippen LogP contribution in [0, 0.1) is 0 Å². The average molecular weight is 388 g/mol. The number of rotatable bonds is 4. The SMILES string of the molecule is BOc1cc(Br)c2c(c1OCc1ccccc1)CN(C(C)=O)CC2. The molecule has 0 fully saturated rings. The molecule has 24 heavy (non-hydrogen) atoms. The summed E-state index contributed by atoms with van der Waals surface area (Å²) in [6, 6.07) is 12.0. The predicted octanol–water partition coefficient (Wildman–Crippen LogP) is 2.86. The Balaban J connectivity index is 1.96. The predicted molar refractivity (Wildman–Crippen MR) is 98.9 cm³/mol. The van der Waals surface area contributed by atoms with Gasteiger partial charge in [-0.3, -0.25) is 4.79 Å². The van der Waals surface area contributed by atoms with E-state index in [1.165, 1.54) is 5.56 Å². The largest absolute Gasteiger partial charge is 0.565 e. The lowest BCUT2D eigenvalue weighted by Crippen LogP contribution is -2.34. The molecule has 1 amide bonds. The van der Waals surface area contributed by atoms with Crippen LogP contribution >= 0.6 is 15.9 Å². The molecular weight excluding hydrogens is 369 g/mol. The van der Waals surface area contributed by atoms with Crippen LogP contribution in [0.15, 0.2) is 40.9 Å². The quantitative estimate of drug-likeness (QED) is 0.757. The molecule has 0 saturated carbocycles. The van der Waals surface area contributed by atoms with Gasteiger partial charge in [0, 0.05) is 30.0 Å². The van der Waals surface area contributed by atoms with Crippen LogP contribution in [0.25, 0.3) is 0 Å². The second kappa shape index (κ2) is 7.30. The van der Waals surface area contributed by atoms with Crippen molar-refractivity contribution >= 4 is 29.9 Å². The topological polar surface area (TPSA) is 38.8 Å². The minimum atomic E-state index is 0.0774. The molecule has 4 nitrogen and oxygen atoms in total. The molecule has 0 spiro atoms. The number of carbonyl (C=O) groups excluding carboxylic acids is 1. The van der Waals surface area contributed by atoms with Crippen molar-refractivity contribution in [2.45, 2.75) is 26.5 Å². The highest BCUT2D eigenvalue weighted by Gasteiger charge is 2.26.